The lowest BCUT2D eigenvalue weighted by Crippen LogP contribution is -2.33. The van der Waals surface area contributed by atoms with Crippen molar-refractivity contribution in [1.29, 1.82) is 0 Å². The van der Waals surface area contributed by atoms with E-state index in [2.05, 4.69) is 4.74 Å². The molecule has 0 aliphatic carbocycles. The van der Waals surface area contributed by atoms with Gasteiger partial charge in [0, 0.05) is 0 Å². The van der Waals surface area contributed by atoms with Crippen molar-refractivity contribution < 1.29 is 13.9 Å². The largest absolute Gasteiger partial charge is 0.468 e. The summed E-state index contributed by atoms with van der Waals surface area (Å²) in [5, 5.41) is 0. The molecule has 14 heavy (non-hydrogen) atoms. The van der Waals surface area contributed by atoms with E-state index >= 15 is 0 Å². The molecular weight excluding hydrogens is 185 g/mol. The van der Waals surface area contributed by atoms with E-state index in [1.54, 1.807) is 12.1 Å². The van der Waals surface area contributed by atoms with Crippen LogP contribution in [0.15, 0.2) is 24.3 Å². The summed E-state index contributed by atoms with van der Waals surface area (Å²) in [5.41, 5.74) is 6.34. The molecule has 4 heteroatoms. The average Bonchev–Trinajstić information content (AvgIpc) is 2.20. The maximum absolute atomic E-state index is 12.5. The van der Waals surface area contributed by atoms with Crippen molar-refractivity contribution in [3.8, 4) is 0 Å². The number of esters is 1. The first kappa shape index (κ1) is 10.7. The number of benzene rings is 1. The van der Waals surface area contributed by atoms with Gasteiger partial charge in [-0.2, -0.15) is 0 Å². The van der Waals surface area contributed by atoms with Gasteiger partial charge in [0.2, 0.25) is 0 Å². The Morgan fingerprint density at radius 2 is 2.07 bits per heavy atom. The lowest BCUT2D eigenvalue weighted by molar-refractivity contribution is -0.142. The number of halogens is 1. The molecule has 0 aromatic heterocycles. The molecule has 0 bridgehead atoms. The number of carbonyl (C=O) groups is 1. The molecular formula is C10H12FNO2. The van der Waals surface area contributed by atoms with Crippen LogP contribution in [0.4, 0.5) is 4.39 Å². The first-order chi connectivity index (χ1) is 6.63. The summed E-state index contributed by atoms with van der Waals surface area (Å²) in [6.45, 7) is 0. The van der Waals surface area contributed by atoms with Gasteiger partial charge in [-0.05, 0) is 24.1 Å². The summed E-state index contributed by atoms with van der Waals surface area (Å²) in [6.07, 6.45) is 0.354. The summed E-state index contributed by atoms with van der Waals surface area (Å²) >= 11 is 0. The van der Waals surface area contributed by atoms with Gasteiger partial charge in [-0.3, -0.25) is 4.79 Å². The van der Waals surface area contributed by atoms with Crippen molar-refractivity contribution in [2.24, 2.45) is 5.73 Å². The van der Waals surface area contributed by atoms with Gasteiger partial charge in [-0.15, -0.1) is 0 Å². The molecule has 3 nitrogen and oxygen atoms in total. The number of ether oxygens (including phenoxy) is 1. The van der Waals surface area contributed by atoms with Crippen LogP contribution in [-0.2, 0) is 16.0 Å². The Hall–Kier alpha value is -1.42. The van der Waals surface area contributed by atoms with Crippen LogP contribution in [0, 0.1) is 5.82 Å². The fourth-order valence-electron chi connectivity index (χ4n) is 1.11. The number of carbonyl (C=O) groups excluding carboxylic acids is 1. The van der Waals surface area contributed by atoms with Crippen molar-refractivity contribution in [3.63, 3.8) is 0 Å². The van der Waals surface area contributed by atoms with Gasteiger partial charge in [0.05, 0.1) is 7.11 Å². The van der Waals surface area contributed by atoms with Gasteiger partial charge in [0.25, 0.3) is 0 Å². The molecule has 76 valence electrons. The fraction of sp³-hybridized carbons (Fsp3) is 0.300. The quantitative estimate of drug-likeness (QED) is 0.731. The number of methoxy groups -OCH3 is 1. The first-order valence-corrected chi connectivity index (χ1v) is 4.21. The van der Waals surface area contributed by atoms with Gasteiger partial charge in [-0.25, -0.2) is 4.39 Å². The lowest BCUT2D eigenvalue weighted by atomic mass is 10.1. The standard InChI is InChI=1S/C10H12FNO2/c1-14-10(13)9(12)6-7-2-4-8(11)5-3-7/h2-5,9H,6,12H2,1H3/t9-/m1/s1. The molecule has 0 radical (unpaired) electrons. The van der Waals surface area contributed by atoms with Gasteiger partial charge in [-0.1, -0.05) is 12.1 Å². The van der Waals surface area contributed by atoms with E-state index in [1.807, 2.05) is 0 Å². The van der Waals surface area contributed by atoms with Crippen LogP contribution in [0.5, 0.6) is 0 Å². The van der Waals surface area contributed by atoms with E-state index in [4.69, 9.17) is 5.73 Å². The smallest absolute Gasteiger partial charge is 0.322 e. The third-order valence-electron chi connectivity index (χ3n) is 1.87. The van der Waals surface area contributed by atoms with E-state index in [0.717, 1.165) is 5.56 Å². The van der Waals surface area contributed by atoms with Crippen molar-refractivity contribution in [1.82, 2.24) is 0 Å². The molecule has 0 aliphatic rings. The van der Waals surface area contributed by atoms with E-state index in [-0.39, 0.29) is 5.82 Å². The third-order valence-corrected chi connectivity index (χ3v) is 1.87. The Morgan fingerprint density at radius 1 is 1.50 bits per heavy atom. The molecule has 1 atom stereocenters. The van der Waals surface area contributed by atoms with Crippen LogP contribution in [0.2, 0.25) is 0 Å². The number of nitrogens with two attached hydrogens (primary N) is 1. The van der Waals surface area contributed by atoms with E-state index in [9.17, 15) is 9.18 Å². The third kappa shape index (κ3) is 2.81. The summed E-state index contributed by atoms with van der Waals surface area (Å²) in [5.74, 6) is -0.769. The molecule has 0 aliphatic heterocycles. The van der Waals surface area contributed by atoms with Crippen LogP contribution >= 0.6 is 0 Å². The van der Waals surface area contributed by atoms with Crippen LogP contribution in [0.3, 0.4) is 0 Å². The second-order valence-corrected chi connectivity index (χ2v) is 2.96. The van der Waals surface area contributed by atoms with Crippen molar-refractivity contribution in [2.45, 2.75) is 12.5 Å². The van der Waals surface area contributed by atoms with E-state index in [0.29, 0.717) is 6.42 Å². The Bertz CT molecular complexity index is 310. The minimum atomic E-state index is -0.689. The van der Waals surface area contributed by atoms with Crippen LogP contribution in [-0.4, -0.2) is 19.1 Å². The monoisotopic (exact) mass is 197 g/mol. The highest BCUT2D eigenvalue weighted by molar-refractivity contribution is 5.75. The average molecular weight is 197 g/mol. The second-order valence-electron chi connectivity index (χ2n) is 2.96. The Labute approximate surface area is 81.7 Å². The minimum absolute atomic E-state index is 0.305. The molecule has 0 unspecified atom stereocenters. The summed E-state index contributed by atoms with van der Waals surface area (Å²) in [6, 6.07) is 5.17. The van der Waals surface area contributed by atoms with Gasteiger partial charge < -0.3 is 10.5 Å². The van der Waals surface area contributed by atoms with Crippen LogP contribution in [0.1, 0.15) is 5.56 Å². The first-order valence-electron chi connectivity index (χ1n) is 4.21. The van der Waals surface area contributed by atoms with Crippen LogP contribution in [0.25, 0.3) is 0 Å². The van der Waals surface area contributed by atoms with Gasteiger partial charge >= 0.3 is 5.97 Å². The molecule has 0 heterocycles. The van der Waals surface area contributed by atoms with Gasteiger partial charge in [0.1, 0.15) is 11.9 Å². The zero-order chi connectivity index (χ0) is 10.6. The SMILES string of the molecule is COC(=O)[C@H](N)Cc1ccc(F)cc1. The molecule has 1 aromatic carbocycles. The molecule has 1 rings (SSSR count). The fourth-order valence-corrected chi connectivity index (χ4v) is 1.11. The maximum Gasteiger partial charge on any atom is 0.322 e. The molecule has 0 saturated carbocycles. The maximum atomic E-state index is 12.5. The highest BCUT2D eigenvalue weighted by Gasteiger charge is 2.13. The lowest BCUT2D eigenvalue weighted by Gasteiger charge is -2.08. The van der Waals surface area contributed by atoms with Crippen molar-refractivity contribution in [3.05, 3.63) is 35.6 Å². The van der Waals surface area contributed by atoms with Gasteiger partial charge in [0.15, 0.2) is 0 Å². The highest BCUT2D eigenvalue weighted by Crippen LogP contribution is 2.05. The number of hydrogen-bond donors (Lipinski definition) is 1. The van der Waals surface area contributed by atoms with E-state index < -0.39 is 12.0 Å². The number of rotatable bonds is 3. The summed E-state index contributed by atoms with van der Waals surface area (Å²) < 4.78 is 17.0. The van der Waals surface area contributed by atoms with Crippen LogP contribution < -0.4 is 5.73 Å². The highest BCUT2D eigenvalue weighted by atomic mass is 19.1. The van der Waals surface area contributed by atoms with E-state index in [1.165, 1.54) is 19.2 Å². The second kappa shape index (κ2) is 4.72. The molecule has 0 fully saturated rings. The predicted molar refractivity (Wildman–Crippen MR) is 50.1 cm³/mol. The predicted octanol–water partition coefficient (Wildman–Crippen LogP) is 0.868. The molecule has 0 amide bonds. The molecule has 0 spiro atoms. The Balaban J connectivity index is 2.60. The summed E-state index contributed by atoms with van der Waals surface area (Å²) in [7, 11) is 1.28. The topological polar surface area (TPSA) is 52.3 Å². The zero-order valence-electron chi connectivity index (χ0n) is 7.87. The summed E-state index contributed by atoms with van der Waals surface area (Å²) in [4.78, 5) is 11.0. The molecule has 2 N–H and O–H groups in total. The molecule has 0 saturated heterocycles. The van der Waals surface area contributed by atoms with Crippen molar-refractivity contribution in [2.75, 3.05) is 7.11 Å². The molecule has 1 aromatic rings. The van der Waals surface area contributed by atoms with Crippen molar-refractivity contribution >= 4 is 5.97 Å². The Morgan fingerprint density at radius 3 is 2.57 bits per heavy atom. The zero-order valence-corrected chi connectivity index (χ0v) is 7.87. The normalized spacial score (nSPS) is 12.2. The Kier molecular flexibility index (Phi) is 3.59. The number of hydrogen-bond acceptors (Lipinski definition) is 3. The minimum Gasteiger partial charge on any atom is -0.468 e.